The van der Waals surface area contributed by atoms with Crippen LogP contribution in [0.1, 0.15) is 16.1 Å². The fourth-order valence-electron chi connectivity index (χ4n) is 1.31. The molecule has 1 aromatic carbocycles. The Morgan fingerprint density at radius 1 is 1.41 bits per heavy atom. The van der Waals surface area contributed by atoms with Crippen molar-refractivity contribution in [2.24, 2.45) is 0 Å². The Hall–Kier alpha value is -2.37. The van der Waals surface area contributed by atoms with E-state index in [-0.39, 0.29) is 11.7 Å². The van der Waals surface area contributed by atoms with Gasteiger partial charge in [0.15, 0.2) is 5.82 Å². The average molecular weight is 234 g/mol. The van der Waals surface area contributed by atoms with Gasteiger partial charge in [-0.05, 0) is 31.2 Å². The molecule has 0 aliphatic rings. The van der Waals surface area contributed by atoms with Crippen LogP contribution in [0.15, 0.2) is 24.3 Å². The monoisotopic (exact) mass is 234 g/mol. The first kappa shape index (κ1) is 11.1. The number of carbonyl (C=O) groups is 1. The highest BCUT2D eigenvalue weighted by Gasteiger charge is 2.11. The van der Waals surface area contributed by atoms with Crippen LogP contribution in [0.2, 0.25) is 0 Å². The first-order chi connectivity index (χ1) is 8.08. The summed E-state index contributed by atoms with van der Waals surface area (Å²) in [6.07, 6.45) is 0. The number of aromatic amines is 1. The van der Waals surface area contributed by atoms with Gasteiger partial charge in [-0.3, -0.25) is 9.89 Å². The number of nitrogens with zero attached hydrogens (tertiary/aromatic N) is 1. The van der Waals surface area contributed by atoms with Gasteiger partial charge in [0.2, 0.25) is 0 Å². The third-order valence-corrected chi connectivity index (χ3v) is 2.33. The van der Waals surface area contributed by atoms with Crippen molar-refractivity contribution in [2.45, 2.75) is 6.92 Å². The van der Waals surface area contributed by atoms with Crippen molar-refractivity contribution in [2.75, 3.05) is 11.1 Å². The number of aromatic nitrogens is 2. The second-order valence-electron chi connectivity index (χ2n) is 3.57. The molecule has 0 aliphatic carbocycles. The van der Waals surface area contributed by atoms with Gasteiger partial charge in [-0.2, -0.15) is 5.10 Å². The van der Waals surface area contributed by atoms with E-state index < -0.39 is 5.82 Å². The first-order valence-corrected chi connectivity index (χ1v) is 4.95. The Kier molecular flexibility index (Phi) is 2.78. The van der Waals surface area contributed by atoms with Gasteiger partial charge in [-0.25, -0.2) is 4.39 Å². The highest BCUT2D eigenvalue weighted by atomic mass is 19.1. The fraction of sp³-hybridized carbons (Fsp3) is 0.0909. The molecule has 1 amide bonds. The molecule has 0 saturated carbocycles. The van der Waals surface area contributed by atoms with Crippen LogP contribution in [0.3, 0.4) is 0 Å². The van der Waals surface area contributed by atoms with Gasteiger partial charge in [0.05, 0.1) is 11.4 Å². The van der Waals surface area contributed by atoms with E-state index in [1.165, 1.54) is 24.3 Å². The van der Waals surface area contributed by atoms with Crippen molar-refractivity contribution in [1.29, 1.82) is 0 Å². The number of halogens is 1. The molecule has 2 aromatic rings. The third kappa shape index (κ3) is 2.25. The predicted octanol–water partition coefficient (Wildman–Crippen LogP) is 1.69. The third-order valence-electron chi connectivity index (χ3n) is 2.33. The van der Waals surface area contributed by atoms with Gasteiger partial charge >= 0.3 is 0 Å². The van der Waals surface area contributed by atoms with Crippen molar-refractivity contribution in [3.05, 3.63) is 41.3 Å². The standard InChI is InChI=1S/C11H11FN4O/c1-6-9(13)10(16-15-6)14-11(17)7-2-4-8(12)5-3-7/h2-5H,13H2,1H3,(H2,14,15,16,17). The Labute approximate surface area is 96.8 Å². The van der Waals surface area contributed by atoms with Crippen LogP contribution in [-0.4, -0.2) is 16.1 Å². The largest absolute Gasteiger partial charge is 0.394 e. The van der Waals surface area contributed by atoms with Gasteiger partial charge in [-0.15, -0.1) is 0 Å². The quantitative estimate of drug-likeness (QED) is 0.739. The Morgan fingerprint density at radius 3 is 2.59 bits per heavy atom. The normalized spacial score (nSPS) is 10.2. The zero-order valence-corrected chi connectivity index (χ0v) is 9.12. The Morgan fingerprint density at radius 2 is 2.06 bits per heavy atom. The van der Waals surface area contributed by atoms with E-state index in [1.54, 1.807) is 6.92 Å². The zero-order valence-electron chi connectivity index (χ0n) is 9.12. The lowest BCUT2D eigenvalue weighted by Gasteiger charge is -2.02. The summed E-state index contributed by atoms with van der Waals surface area (Å²) in [5, 5.41) is 9.03. The summed E-state index contributed by atoms with van der Waals surface area (Å²) < 4.78 is 12.7. The van der Waals surface area contributed by atoms with Crippen LogP contribution in [0.4, 0.5) is 15.9 Å². The number of hydrogen-bond donors (Lipinski definition) is 3. The van der Waals surface area contributed by atoms with Gasteiger partial charge in [0.25, 0.3) is 5.91 Å². The highest BCUT2D eigenvalue weighted by molar-refractivity contribution is 6.05. The van der Waals surface area contributed by atoms with Crippen LogP contribution in [-0.2, 0) is 0 Å². The second-order valence-corrected chi connectivity index (χ2v) is 3.57. The summed E-state index contributed by atoms with van der Waals surface area (Å²) in [6.45, 7) is 1.75. The van der Waals surface area contributed by atoms with Gasteiger partial charge in [0.1, 0.15) is 5.82 Å². The van der Waals surface area contributed by atoms with E-state index in [4.69, 9.17) is 5.73 Å². The summed E-state index contributed by atoms with van der Waals surface area (Å²) >= 11 is 0. The number of rotatable bonds is 2. The molecule has 0 fully saturated rings. The molecule has 6 heteroatoms. The smallest absolute Gasteiger partial charge is 0.256 e. The van der Waals surface area contributed by atoms with Crippen molar-refractivity contribution in [1.82, 2.24) is 10.2 Å². The maximum atomic E-state index is 12.7. The van der Waals surface area contributed by atoms with E-state index in [0.29, 0.717) is 16.9 Å². The van der Waals surface area contributed by atoms with Crippen LogP contribution in [0, 0.1) is 12.7 Å². The molecule has 0 atom stereocenters. The molecule has 0 radical (unpaired) electrons. The maximum absolute atomic E-state index is 12.7. The minimum atomic E-state index is -0.392. The first-order valence-electron chi connectivity index (χ1n) is 4.95. The molecule has 5 nitrogen and oxygen atoms in total. The number of nitrogen functional groups attached to an aromatic ring is 1. The molecule has 1 heterocycles. The molecular formula is C11H11FN4O. The maximum Gasteiger partial charge on any atom is 0.256 e. The topological polar surface area (TPSA) is 83.8 Å². The summed E-state index contributed by atoms with van der Waals surface area (Å²) in [6, 6.07) is 5.21. The minimum Gasteiger partial charge on any atom is -0.394 e. The van der Waals surface area contributed by atoms with E-state index in [1.807, 2.05) is 0 Å². The summed E-state index contributed by atoms with van der Waals surface area (Å²) in [7, 11) is 0. The molecule has 0 saturated heterocycles. The molecule has 0 unspecified atom stereocenters. The number of hydrogen-bond acceptors (Lipinski definition) is 3. The number of amides is 1. The molecule has 0 aliphatic heterocycles. The number of carbonyl (C=O) groups excluding carboxylic acids is 1. The number of nitrogens with one attached hydrogen (secondary N) is 2. The van der Waals surface area contributed by atoms with Crippen molar-refractivity contribution >= 4 is 17.4 Å². The predicted molar refractivity (Wildman–Crippen MR) is 62.1 cm³/mol. The van der Waals surface area contributed by atoms with E-state index in [2.05, 4.69) is 15.5 Å². The van der Waals surface area contributed by atoms with Gasteiger partial charge < -0.3 is 11.1 Å². The molecule has 2 rings (SSSR count). The van der Waals surface area contributed by atoms with E-state index in [0.717, 1.165) is 0 Å². The zero-order chi connectivity index (χ0) is 12.4. The van der Waals surface area contributed by atoms with E-state index >= 15 is 0 Å². The summed E-state index contributed by atoms with van der Waals surface area (Å²) in [5.74, 6) is -0.503. The van der Waals surface area contributed by atoms with Crippen LogP contribution in [0.5, 0.6) is 0 Å². The van der Waals surface area contributed by atoms with Gasteiger partial charge in [-0.1, -0.05) is 0 Å². The highest BCUT2D eigenvalue weighted by Crippen LogP contribution is 2.18. The van der Waals surface area contributed by atoms with E-state index in [9.17, 15) is 9.18 Å². The fourth-order valence-corrected chi connectivity index (χ4v) is 1.31. The Balaban J connectivity index is 2.17. The SMILES string of the molecule is Cc1[nH]nc(NC(=O)c2ccc(F)cc2)c1N. The van der Waals surface area contributed by atoms with Crippen LogP contribution in [0.25, 0.3) is 0 Å². The van der Waals surface area contributed by atoms with Crippen LogP contribution >= 0.6 is 0 Å². The second kappa shape index (κ2) is 4.25. The van der Waals surface area contributed by atoms with Crippen molar-refractivity contribution < 1.29 is 9.18 Å². The molecule has 4 N–H and O–H groups in total. The number of H-pyrrole nitrogens is 1. The van der Waals surface area contributed by atoms with Crippen molar-refractivity contribution in [3.8, 4) is 0 Å². The molecule has 0 bridgehead atoms. The molecular weight excluding hydrogens is 223 g/mol. The lowest BCUT2D eigenvalue weighted by Crippen LogP contribution is -2.13. The molecule has 1 aromatic heterocycles. The number of aryl methyl sites for hydroxylation is 1. The summed E-state index contributed by atoms with van der Waals surface area (Å²) in [4.78, 5) is 11.7. The molecule has 17 heavy (non-hydrogen) atoms. The average Bonchev–Trinajstić information content (AvgIpc) is 2.62. The number of nitrogens with two attached hydrogens (primary N) is 1. The molecule has 0 spiro atoms. The number of benzene rings is 1. The van der Waals surface area contributed by atoms with Gasteiger partial charge in [0, 0.05) is 5.56 Å². The van der Waals surface area contributed by atoms with Crippen molar-refractivity contribution in [3.63, 3.8) is 0 Å². The van der Waals surface area contributed by atoms with Crippen LogP contribution < -0.4 is 11.1 Å². The lowest BCUT2D eigenvalue weighted by atomic mass is 10.2. The summed E-state index contributed by atoms with van der Waals surface area (Å²) in [5.41, 5.74) is 7.09. The number of anilines is 2. The molecule has 88 valence electrons. The Bertz CT molecular complexity index is 547. The minimum absolute atomic E-state index is 0.275. The lowest BCUT2D eigenvalue weighted by molar-refractivity contribution is 0.102.